The SMILES string of the molecule is O=C(OCc1ccccc1)OCc1ccccc1.OCCOCCO. The van der Waals surface area contributed by atoms with E-state index >= 15 is 0 Å². The molecular formula is C19H24O6. The Morgan fingerprint density at radius 3 is 1.48 bits per heavy atom. The highest BCUT2D eigenvalue weighted by Gasteiger charge is 2.04. The van der Waals surface area contributed by atoms with Crippen molar-refractivity contribution in [3.8, 4) is 0 Å². The van der Waals surface area contributed by atoms with Gasteiger partial charge in [0.15, 0.2) is 0 Å². The van der Waals surface area contributed by atoms with Crippen LogP contribution in [0, 0.1) is 0 Å². The lowest BCUT2D eigenvalue weighted by atomic mass is 10.2. The van der Waals surface area contributed by atoms with Crippen LogP contribution in [0.25, 0.3) is 0 Å². The molecule has 6 heteroatoms. The van der Waals surface area contributed by atoms with Gasteiger partial charge in [-0.25, -0.2) is 4.79 Å². The summed E-state index contributed by atoms with van der Waals surface area (Å²) in [6.07, 6.45) is -0.650. The second-order valence-corrected chi connectivity index (χ2v) is 4.86. The van der Waals surface area contributed by atoms with Gasteiger partial charge in [-0.15, -0.1) is 0 Å². The Morgan fingerprint density at radius 1 is 0.720 bits per heavy atom. The summed E-state index contributed by atoms with van der Waals surface area (Å²) >= 11 is 0. The Kier molecular flexibility index (Phi) is 11.5. The predicted molar refractivity (Wildman–Crippen MR) is 92.8 cm³/mol. The third-order valence-electron chi connectivity index (χ3n) is 2.87. The zero-order chi connectivity index (χ0) is 18.2. The molecule has 2 N–H and O–H groups in total. The molecule has 0 amide bonds. The number of ether oxygens (including phenoxy) is 3. The Bertz CT molecular complexity index is 509. The molecule has 136 valence electrons. The number of aliphatic hydroxyl groups excluding tert-OH is 2. The lowest BCUT2D eigenvalue weighted by molar-refractivity contribution is 0.0446. The van der Waals surface area contributed by atoms with Gasteiger partial charge in [0.1, 0.15) is 13.2 Å². The molecule has 0 atom stereocenters. The molecule has 0 spiro atoms. The summed E-state index contributed by atoms with van der Waals surface area (Å²) < 4.78 is 14.6. The number of carbonyl (C=O) groups is 1. The third kappa shape index (κ3) is 10.9. The highest BCUT2D eigenvalue weighted by atomic mass is 16.7. The molecule has 0 aromatic heterocycles. The highest BCUT2D eigenvalue weighted by Crippen LogP contribution is 2.04. The fourth-order valence-corrected chi connectivity index (χ4v) is 1.71. The van der Waals surface area contributed by atoms with Crippen molar-refractivity contribution in [2.24, 2.45) is 0 Å². The van der Waals surface area contributed by atoms with E-state index in [0.717, 1.165) is 11.1 Å². The number of benzene rings is 2. The molecule has 0 heterocycles. The molecule has 0 aliphatic carbocycles. The normalized spacial score (nSPS) is 9.68. The van der Waals surface area contributed by atoms with E-state index in [-0.39, 0.29) is 26.4 Å². The maximum Gasteiger partial charge on any atom is 0.508 e. The first kappa shape index (κ1) is 20.6. The summed E-state index contributed by atoms with van der Waals surface area (Å²) in [6.45, 7) is 1.16. The van der Waals surface area contributed by atoms with Crippen LogP contribution >= 0.6 is 0 Å². The van der Waals surface area contributed by atoms with Crippen molar-refractivity contribution >= 4 is 6.16 Å². The molecule has 0 aliphatic heterocycles. The van der Waals surface area contributed by atoms with Gasteiger partial charge in [0.25, 0.3) is 0 Å². The van der Waals surface area contributed by atoms with Crippen LogP contribution in [-0.2, 0) is 27.4 Å². The second-order valence-electron chi connectivity index (χ2n) is 4.86. The van der Waals surface area contributed by atoms with Gasteiger partial charge in [-0.1, -0.05) is 60.7 Å². The van der Waals surface area contributed by atoms with Crippen molar-refractivity contribution in [3.05, 3.63) is 71.8 Å². The van der Waals surface area contributed by atoms with Crippen LogP contribution in [-0.4, -0.2) is 42.8 Å². The van der Waals surface area contributed by atoms with Gasteiger partial charge in [0, 0.05) is 0 Å². The first-order chi connectivity index (χ1) is 12.3. The lowest BCUT2D eigenvalue weighted by Crippen LogP contribution is -2.07. The molecule has 0 unspecified atom stereocenters. The van der Waals surface area contributed by atoms with Crippen molar-refractivity contribution in [1.82, 2.24) is 0 Å². The number of hydrogen-bond donors (Lipinski definition) is 2. The maximum absolute atomic E-state index is 11.3. The molecule has 0 bridgehead atoms. The number of hydrogen-bond acceptors (Lipinski definition) is 6. The van der Waals surface area contributed by atoms with E-state index in [2.05, 4.69) is 4.74 Å². The minimum absolute atomic E-state index is 0.0278. The molecule has 0 radical (unpaired) electrons. The van der Waals surface area contributed by atoms with Crippen LogP contribution in [0.15, 0.2) is 60.7 Å². The van der Waals surface area contributed by atoms with Gasteiger partial charge in [-0.2, -0.15) is 0 Å². The zero-order valence-corrected chi connectivity index (χ0v) is 14.0. The highest BCUT2D eigenvalue weighted by molar-refractivity contribution is 5.59. The van der Waals surface area contributed by atoms with E-state index in [1.807, 2.05) is 60.7 Å². The van der Waals surface area contributed by atoms with Crippen LogP contribution in [0.1, 0.15) is 11.1 Å². The van der Waals surface area contributed by atoms with Gasteiger partial charge in [-0.3, -0.25) is 0 Å². The van der Waals surface area contributed by atoms with Crippen molar-refractivity contribution < 1.29 is 29.2 Å². The van der Waals surface area contributed by atoms with E-state index in [0.29, 0.717) is 13.2 Å². The fourth-order valence-electron chi connectivity index (χ4n) is 1.71. The van der Waals surface area contributed by atoms with Crippen LogP contribution < -0.4 is 0 Å². The lowest BCUT2D eigenvalue weighted by Gasteiger charge is -2.06. The van der Waals surface area contributed by atoms with Crippen LogP contribution in [0.4, 0.5) is 4.79 Å². The van der Waals surface area contributed by atoms with Gasteiger partial charge >= 0.3 is 6.16 Å². The average molecular weight is 348 g/mol. The van der Waals surface area contributed by atoms with E-state index in [1.54, 1.807) is 0 Å². The molecule has 6 nitrogen and oxygen atoms in total. The smallest absolute Gasteiger partial charge is 0.429 e. The van der Waals surface area contributed by atoms with Gasteiger partial charge in [0.2, 0.25) is 0 Å². The monoisotopic (exact) mass is 348 g/mol. The maximum atomic E-state index is 11.3. The molecule has 0 saturated heterocycles. The molecule has 2 aromatic carbocycles. The van der Waals surface area contributed by atoms with E-state index in [4.69, 9.17) is 19.7 Å². The largest absolute Gasteiger partial charge is 0.508 e. The summed E-state index contributed by atoms with van der Waals surface area (Å²) in [4.78, 5) is 11.3. The summed E-state index contributed by atoms with van der Waals surface area (Å²) in [5, 5.41) is 16.2. The topological polar surface area (TPSA) is 85.2 Å². The first-order valence-corrected chi connectivity index (χ1v) is 7.93. The molecule has 0 saturated carbocycles. The number of rotatable bonds is 8. The molecule has 2 aromatic rings. The van der Waals surface area contributed by atoms with Gasteiger partial charge in [-0.05, 0) is 11.1 Å². The summed E-state index contributed by atoms with van der Waals surface area (Å²) in [6, 6.07) is 19.0. The Balaban J connectivity index is 0.000000381. The van der Waals surface area contributed by atoms with Crippen molar-refractivity contribution in [3.63, 3.8) is 0 Å². The zero-order valence-electron chi connectivity index (χ0n) is 14.0. The summed E-state index contributed by atoms with van der Waals surface area (Å²) in [7, 11) is 0. The molecule has 25 heavy (non-hydrogen) atoms. The van der Waals surface area contributed by atoms with E-state index < -0.39 is 6.16 Å². The Labute approximate surface area is 147 Å². The first-order valence-electron chi connectivity index (χ1n) is 7.93. The predicted octanol–water partition coefficient (Wildman–Crippen LogP) is 2.53. The molecule has 0 fully saturated rings. The van der Waals surface area contributed by atoms with E-state index in [9.17, 15) is 4.79 Å². The minimum atomic E-state index is -0.650. The van der Waals surface area contributed by atoms with Crippen molar-refractivity contribution in [1.29, 1.82) is 0 Å². The van der Waals surface area contributed by atoms with E-state index in [1.165, 1.54) is 0 Å². The molecule has 0 aliphatic rings. The quantitative estimate of drug-likeness (QED) is 0.563. The molecule has 2 rings (SSSR count). The van der Waals surface area contributed by atoms with Crippen molar-refractivity contribution in [2.75, 3.05) is 26.4 Å². The second kappa shape index (κ2) is 14.0. The van der Waals surface area contributed by atoms with Crippen LogP contribution in [0.5, 0.6) is 0 Å². The van der Waals surface area contributed by atoms with Crippen molar-refractivity contribution in [2.45, 2.75) is 13.2 Å². The van der Waals surface area contributed by atoms with Crippen LogP contribution in [0.2, 0.25) is 0 Å². The standard InChI is InChI=1S/C15H14O3.C4H10O3/c16-15(17-11-13-7-3-1-4-8-13)18-12-14-9-5-2-6-10-14;5-1-3-7-4-2-6/h1-10H,11-12H2;5-6H,1-4H2. The average Bonchev–Trinajstić information content (AvgIpc) is 2.67. The Morgan fingerprint density at radius 2 is 1.12 bits per heavy atom. The van der Waals surface area contributed by atoms with Gasteiger partial charge < -0.3 is 24.4 Å². The number of aliphatic hydroxyl groups is 2. The minimum Gasteiger partial charge on any atom is -0.429 e. The third-order valence-corrected chi connectivity index (χ3v) is 2.87. The molecular weight excluding hydrogens is 324 g/mol. The van der Waals surface area contributed by atoms with Gasteiger partial charge in [0.05, 0.1) is 26.4 Å². The fraction of sp³-hybridized carbons (Fsp3) is 0.316. The summed E-state index contributed by atoms with van der Waals surface area (Å²) in [5.74, 6) is 0. The van der Waals surface area contributed by atoms with Crippen LogP contribution in [0.3, 0.4) is 0 Å². The summed E-state index contributed by atoms with van der Waals surface area (Å²) in [5.41, 5.74) is 1.88. The number of carbonyl (C=O) groups excluding carboxylic acids is 1. The Hall–Kier alpha value is -2.41.